The van der Waals surface area contributed by atoms with Gasteiger partial charge in [0.2, 0.25) is 5.91 Å². The van der Waals surface area contributed by atoms with Crippen molar-refractivity contribution in [2.24, 2.45) is 17.3 Å². The summed E-state index contributed by atoms with van der Waals surface area (Å²) >= 11 is 0. The lowest BCUT2D eigenvalue weighted by atomic mass is 9.61. The maximum absolute atomic E-state index is 11.8. The van der Waals surface area contributed by atoms with Gasteiger partial charge in [-0.1, -0.05) is 27.7 Å². The molecule has 1 fully saturated rings. The van der Waals surface area contributed by atoms with Gasteiger partial charge in [-0.3, -0.25) is 9.59 Å². The number of ether oxygens (including phenoxy) is 1. The molecule has 3 unspecified atom stereocenters. The summed E-state index contributed by atoms with van der Waals surface area (Å²) in [6.45, 7) is 8.63. The Morgan fingerprint density at radius 3 is 2.55 bits per heavy atom. The topological polar surface area (TPSA) is 75.6 Å². The Hall–Kier alpha value is -1.10. The van der Waals surface area contributed by atoms with Gasteiger partial charge in [0.1, 0.15) is 6.61 Å². The molecule has 0 heterocycles. The summed E-state index contributed by atoms with van der Waals surface area (Å²) in [6.07, 6.45) is 2.20. The predicted octanol–water partition coefficient (Wildman–Crippen LogP) is 2.05. The molecule has 116 valence electrons. The monoisotopic (exact) mass is 285 g/mol. The molecule has 0 aromatic heterocycles. The zero-order valence-electron chi connectivity index (χ0n) is 12.9. The molecular weight excluding hydrogens is 258 g/mol. The van der Waals surface area contributed by atoms with Gasteiger partial charge in [0.25, 0.3) is 0 Å². The van der Waals surface area contributed by atoms with Gasteiger partial charge in [0.15, 0.2) is 0 Å². The summed E-state index contributed by atoms with van der Waals surface area (Å²) in [7, 11) is 0. The van der Waals surface area contributed by atoms with E-state index in [1.165, 1.54) is 0 Å². The number of carbonyl (C=O) groups excluding carboxylic acids is 1. The number of rotatable bonds is 6. The van der Waals surface area contributed by atoms with E-state index >= 15 is 0 Å². The highest BCUT2D eigenvalue weighted by Gasteiger charge is 2.46. The third-order valence-corrected chi connectivity index (χ3v) is 4.67. The van der Waals surface area contributed by atoms with E-state index < -0.39 is 5.97 Å². The highest BCUT2D eigenvalue weighted by Crippen LogP contribution is 2.45. The Morgan fingerprint density at radius 2 is 2.00 bits per heavy atom. The second-order valence-corrected chi connectivity index (χ2v) is 6.30. The Morgan fingerprint density at radius 1 is 1.35 bits per heavy atom. The van der Waals surface area contributed by atoms with E-state index in [1.807, 2.05) is 27.7 Å². The second kappa shape index (κ2) is 7.07. The number of nitrogens with one attached hydrogen (secondary N) is 1. The van der Waals surface area contributed by atoms with Crippen LogP contribution >= 0.6 is 0 Å². The Balaban J connectivity index is 2.57. The van der Waals surface area contributed by atoms with Gasteiger partial charge in [-0.05, 0) is 30.6 Å². The van der Waals surface area contributed by atoms with Gasteiger partial charge in [-0.2, -0.15) is 0 Å². The van der Waals surface area contributed by atoms with Crippen molar-refractivity contribution in [1.29, 1.82) is 0 Å². The summed E-state index contributed by atoms with van der Waals surface area (Å²) in [4.78, 5) is 23.1. The van der Waals surface area contributed by atoms with Gasteiger partial charge in [-0.15, -0.1) is 0 Å². The van der Waals surface area contributed by atoms with Crippen LogP contribution in [-0.4, -0.2) is 36.2 Å². The standard InChI is InChI=1S/C15H27NO4/c1-5-8-20-9-13(17)16-12-7-6-11(14(18)19)15(3,4)10(12)2/h10-12H,5-9H2,1-4H3,(H,16,17)(H,18,19). The normalized spacial score (nSPS) is 28.9. The lowest BCUT2D eigenvalue weighted by Gasteiger charge is -2.46. The van der Waals surface area contributed by atoms with Crippen LogP contribution in [0.3, 0.4) is 0 Å². The smallest absolute Gasteiger partial charge is 0.307 e. The highest BCUT2D eigenvalue weighted by molar-refractivity contribution is 5.77. The van der Waals surface area contributed by atoms with Gasteiger partial charge in [0, 0.05) is 12.6 Å². The lowest BCUT2D eigenvalue weighted by molar-refractivity contribution is -0.150. The molecule has 1 rings (SSSR count). The Bertz CT molecular complexity index is 354. The molecular formula is C15H27NO4. The number of hydrogen-bond donors (Lipinski definition) is 2. The van der Waals surface area contributed by atoms with Crippen molar-refractivity contribution in [3.63, 3.8) is 0 Å². The van der Waals surface area contributed by atoms with Crippen LogP contribution in [0.4, 0.5) is 0 Å². The molecule has 0 spiro atoms. The molecule has 0 aliphatic heterocycles. The minimum absolute atomic E-state index is 0.0262. The molecule has 0 aromatic rings. The van der Waals surface area contributed by atoms with Crippen LogP contribution < -0.4 is 5.32 Å². The average molecular weight is 285 g/mol. The number of carbonyl (C=O) groups is 2. The van der Waals surface area contributed by atoms with Crippen LogP contribution in [0.15, 0.2) is 0 Å². The minimum Gasteiger partial charge on any atom is -0.481 e. The Labute approximate surface area is 121 Å². The summed E-state index contributed by atoms with van der Waals surface area (Å²) in [5.41, 5.74) is -0.327. The van der Waals surface area contributed by atoms with E-state index in [0.717, 1.165) is 6.42 Å². The SMILES string of the molecule is CCCOCC(=O)NC1CCC(C(=O)O)C(C)(C)C1C. The first-order valence-corrected chi connectivity index (χ1v) is 7.40. The van der Waals surface area contributed by atoms with Crippen LogP contribution in [0.5, 0.6) is 0 Å². The lowest BCUT2D eigenvalue weighted by Crippen LogP contribution is -2.52. The summed E-state index contributed by atoms with van der Waals surface area (Å²) in [5, 5.41) is 12.3. The first-order valence-electron chi connectivity index (χ1n) is 7.40. The summed E-state index contributed by atoms with van der Waals surface area (Å²) < 4.78 is 5.23. The van der Waals surface area contributed by atoms with E-state index in [4.69, 9.17) is 4.74 Å². The number of carboxylic acid groups (broad SMARTS) is 1. The third kappa shape index (κ3) is 3.95. The van der Waals surface area contributed by atoms with Crippen molar-refractivity contribution >= 4 is 11.9 Å². The van der Waals surface area contributed by atoms with Crippen molar-refractivity contribution in [1.82, 2.24) is 5.32 Å². The number of carboxylic acids is 1. The maximum atomic E-state index is 11.8. The molecule has 5 heteroatoms. The van der Waals surface area contributed by atoms with E-state index in [2.05, 4.69) is 5.32 Å². The molecule has 1 amide bonds. The molecule has 0 aromatic carbocycles. The fourth-order valence-electron chi connectivity index (χ4n) is 3.00. The van der Waals surface area contributed by atoms with Crippen molar-refractivity contribution in [2.45, 2.75) is 53.0 Å². The minimum atomic E-state index is -0.738. The van der Waals surface area contributed by atoms with Crippen molar-refractivity contribution < 1.29 is 19.4 Å². The van der Waals surface area contributed by atoms with Gasteiger partial charge >= 0.3 is 5.97 Å². The van der Waals surface area contributed by atoms with Crippen LogP contribution in [-0.2, 0) is 14.3 Å². The number of hydrogen-bond acceptors (Lipinski definition) is 3. The highest BCUT2D eigenvalue weighted by atomic mass is 16.5. The molecule has 0 radical (unpaired) electrons. The predicted molar refractivity (Wildman–Crippen MR) is 76.3 cm³/mol. The Kier molecular flexibility index (Phi) is 5.99. The fourth-order valence-corrected chi connectivity index (χ4v) is 3.00. The largest absolute Gasteiger partial charge is 0.481 e. The second-order valence-electron chi connectivity index (χ2n) is 6.30. The maximum Gasteiger partial charge on any atom is 0.307 e. The molecule has 1 aliphatic rings. The van der Waals surface area contributed by atoms with E-state index in [9.17, 15) is 14.7 Å². The van der Waals surface area contributed by atoms with Crippen molar-refractivity contribution in [2.75, 3.05) is 13.2 Å². The van der Waals surface area contributed by atoms with Gasteiger partial charge in [0.05, 0.1) is 5.92 Å². The molecule has 20 heavy (non-hydrogen) atoms. The molecule has 1 aliphatic carbocycles. The summed E-state index contributed by atoms with van der Waals surface area (Å²) in [6, 6.07) is 0.0262. The van der Waals surface area contributed by atoms with E-state index in [1.54, 1.807) is 0 Å². The van der Waals surface area contributed by atoms with Gasteiger partial charge < -0.3 is 15.2 Å². The summed E-state index contributed by atoms with van der Waals surface area (Å²) in [5.74, 6) is -1.08. The number of amides is 1. The quantitative estimate of drug-likeness (QED) is 0.732. The third-order valence-electron chi connectivity index (χ3n) is 4.67. The van der Waals surface area contributed by atoms with E-state index in [-0.39, 0.29) is 35.8 Å². The van der Waals surface area contributed by atoms with Crippen LogP contribution in [0.1, 0.15) is 47.0 Å². The first kappa shape index (κ1) is 17.0. The molecule has 5 nitrogen and oxygen atoms in total. The number of aliphatic carboxylic acids is 1. The molecule has 0 saturated heterocycles. The van der Waals surface area contributed by atoms with Gasteiger partial charge in [-0.25, -0.2) is 0 Å². The van der Waals surface area contributed by atoms with E-state index in [0.29, 0.717) is 19.4 Å². The average Bonchev–Trinajstić information content (AvgIpc) is 2.35. The fraction of sp³-hybridized carbons (Fsp3) is 0.867. The zero-order valence-corrected chi connectivity index (χ0v) is 12.9. The van der Waals surface area contributed by atoms with Crippen LogP contribution in [0.25, 0.3) is 0 Å². The molecule has 1 saturated carbocycles. The zero-order chi connectivity index (χ0) is 15.3. The molecule has 0 bridgehead atoms. The van der Waals surface area contributed by atoms with Crippen LogP contribution in [0, 0.1) is 17.3 Å². The van der Waals surface area contributed by atoms with Crippen molar-refractivity contribution in [3.05, 3.63) is 0 Å². The molecule has 2 N–H and O–H groups in total. The first-order chi connectivity index (χ1) is 9.30. The molecule has 3 atom stereocenters. The van der Waals surface area contributed by atoms with Crippen LogP contribution in [0.2, 0.25) is 0 Å². The van der Waals surface area contributed by atoms with Crippen molar-refractivity contribution in [3.8, 4) is 0 Å².